The molecular weight excluding hydrogens is 447 g/mol. The molecule has 0 aliphatic carbocycles. The van der Waals surface area contributed by atoms with E-state index in [0.717, 1.165) is 18.9 Å². The van der Waals surface area contributed by atoms with E-state index in [-0.39, 0.29) is 29.7 Å². The van der Waals surface area contributed by atoms with Crippen LogP contribution < -0.4 is 10.6 Å². The summed E-state index contributed by atoms with van der Waals surface area (Å²) < 4.78 is 24.7. The lowest BCUT2D eigenvalue weighted by Gasteiger charge is -2.16. The van der Waals surface area contributed by atoms with Crippen LogP contribution in [0.3, 0.4) is 0 Å². The minimum atomic E-state index is -3.09. The molecule has 0 spiro atoms. The molecule has 0 fully saturated rings. The van der Waals surface area contributed by atoms with Gasteiger partial charge in [0.25, 0.3) is 0 Å². The summed E-state index contributed by atoms with van der Waals surface area (Å²) in [6.07, 6.45) is 0.735. The van der Waals surface area contributed by atoms with Gasteiger partial charge in [-0.05, 0) is 31.7 Å². The Balaban J connectivity index is 0.00000484. The molecule has 0 saturated carbocycles. The zero-order chi connectivity index (χ0) is 16.4. The number of rotatable bonds is 9. The van der Waals surface area contributed by atoms with E-state index >= 15 is 0 Å². The Hall–Kier alpha value is -0.390. The van der Waals surface area contributed by atoms with E-state index in [1.54, 1.807) is 25.3 Å². The Morgan fingerprint density at radius 2 is 2.09 bits per heavy atom. The summed E-state index contributed by atoms with van der Waals surface area (Å²) in [6.45, 7) is 6.30. The van der Waals surface area contributed by atoms with Gasteiger partial charge in [0.15, 0.2) is 5.96 Å². The Labute approximate surface area is 160 Å². The molecule has 0 aromatic carbocycles. The minimum absolute atomic E-state index is 0. The molecule has 134 valence electrons. The molecule has 0 saturated heterocycles. The van der Waals surface area contributed by atoms with E-state index in [1.807, 2.05) is 18.4 Å². The largest absolute Gasteiger partial charge is 0.357 e. The zero-order valence-corrected chi connectivity index (χ0v) is 17.9. The van der Waals surface area contributed by atoms with Crippen molar-refractivity contribution in [3.8, 4) is 0 Å². The van der Waals surface area contributed by atoms with Gasteiger partial charge < -0.3 is 10.6 Å². The highest BCUT2D eigenvalue weighted by Crippen LogP contribution is 2.09. The van der Waals surface area contributed by atoms with Crippen LogP contribution in [0.5, 0.6) is 0 Å². The fourth-order valence-electron chi connectivity index (χ4n) is 1.77. The molecule has 1 rings (SSSR count). The second kappa shape index (κ2) is 12.0. The number of nitrogens with zero attached hydrogens (tertiary/aromatic N) is 2. The molecule has 2 N–H and O–H groups in total. The van der Waals surface area contributed by atoms with Crippen molar-refractivity contribution in [2.24, 2.45) is 4.99 Å². The average Bonchev–Trinajstić information content (AvgIpc) is 3.02. The van der Waals surface area contributed by atoms with Crippen molar-refractivity contribution in [2.75, 3.05) is 32.4 Å². The predicted octanol–water partition coefficient (Wildman–Crippen LogP) is 2.09. The highest BCUT2D eigenvalue weighted by Gasteiger charge is 2.13. The summed E-state index contributed by atoms with van der Waals surface area (Å²) in [5, 5.41) is 8.45. The maximum absolute atomic E-state index is 11.6. The Bertz CT molecular complexity index is 547. The van der Waals surface area contributed by atoms with Crippen LogP contribution in [0, 0.1) is 0 Å². The van der Waals surface area contributed by atoms with Crippen molar-refractivity contribution in [3.05, 3.63) is 22.4 Å². The van der Waals surface area contributed by atoms with Gasteiger partial charge in [-0.15, -0.1) is 35.3 Å². The van der Waals surface area contributed by atoms with Crippen LogP contribution in [0.15, 0.2) is 22.5 Å². The third-order valence-corrected chi connectivity index (χ3v) is 5.82. The number of guanidine groups is 1. The summed E-state index contributed by atoms with van der Waals surface area (Å²) in [5.74, 6) is 0.902. The Kier molecular flexibility index (Phi) is 11.8. The molecule has 0 unspecified atom stereocenters. The van der Waals surface area contributed by atoms with E-state index < -0.39 is 10.0 Å². The van der Waals surface area contributed by atoms with Gasteiger partial charge in [-0.3, -0.25) is 0 Å². The lowest BCUT2D eigenvalue weighted by Crippen LogP contribution is -2.39. The highest BCUT2D eigenvalue weighted by molar-refractivity contribution is 14.0. The van der Waals surface area contributed by atoms with Crippen molar-refractivity contribution >= 4 is 51.3 Å². The first-order chi connectivity index (χ1) is 10.5. The van der Waals surface area contributed by atoms with Crippen molar-refractivity contribution in [1.82, 2.24) is 14.9 Å². The molecule has 0 bridgehead atoms. The SMILES string of the molecule is CCNC(=NCc1cccs1)NCCCN(C)S(=O)(=O)CC.I. The van der Waals surface area contributed by atoms with Gasteiger partial charge >= 0.3 is 0 Å². The summed E-state index contributed by atoms with van der Waals surface area (Å²) in [5.41, 5.74) is 0. The third-order valence-electron chi connectivity index (χ3n) is 3.10. The van der Waals surface area contributed by atoms with E-state index in [0.29, 0.717) is 19.6 Å². The standard InChI is InChI=1S/C14H26N4O2S2.HI/c1-4-15-14(17-12-13-8-6-11-21-13)16-9-7-10-18(3)22(19,20)5-2;/h6,8,11H,4-5,7,9-10,12H2,1-3H3,(H2,15,16,17);1H. The molecule has 1 heterocycles. The normalized spacial score (nSPS) is 12.1. The number of nitrogens with one attached hydrogen (secondary N) is 2. The Morgan fingerprint density at radius 3 is 2.65 bits per heavy atom. The number of aliphatic imine (C=N–C) groups is 1. The van der Waals surface area contributed by atoms with Crippen molar-refractivity contribution < 1.29 is 8.42 Å². The molecule has 6 nitrogen and oxygen atoms in total. The maximum atomic E-state index is 11.6. The second-order valence-electron chi connectivity index (χ2n) is 4.78. The fraction of sp³-hybridized carbons (Fsp3) is 0.643. The third kappa shape index (κ3) is 8.87. The first-order valence-electron chi connectivity index (χ1n) is 7.48. The van der Waals surface area contributed by atoms with Crippen molar-refractivity contribution in [2.45, 2.75) is 26.8 Å². The van der Waals surface area contributed by atoms with Crippen LogP contribution in [0.1, 0.15) is 25.1 Å². The first-order valence-corrected chi connectivity index (χ1v) is 9.97. The minimum Gasteiger partial charge on any atom is -0.357 e. The lowest BCUT2D eigenvalue weighted by molar-refractivity contribution is 0.461. The smallest absolute Gasteiger partial charge is 0.213 e. The number of hydrogen-bond donors (Lipinski definition) is 2. The number of halogens is 1. The number of sulfonamides is 1. The molecule has 0 amide bonds. The molecule has 0 radical (unpaired) electrons. The molecule has 0 atom stereocenters. The fourth-order valence-corrected chi connectivity index (χ4v) is 3.25. The van der Waals surface area contributed by atoms with Gasteiger partial charge in [0, 0.05) is 31.6 Å². The van der Waals surface area contributed by atoms with Crippen LogP contribution >= 0.6 is 35.3 Å². The first kappa shape index (κ1) is 22.6. The van der Waals surface area contributed by atoms with Crippen molar-refractivity contribution in [3.63, 3.8) is 0 Å². The summed E-state index contributed by atoms with van der Waals surface area (Å²) in [4.78, 5) is 5.72. The van der Waals surface area contributed by atoms with Gasteiger partial charge in [0.2, 0.25) is 10.0 Å². The van der Waals surface area contributed by atoms with E-state index in [1.165, 1.54) is 9.18 Å². The molecular formula is C14H27IN4O2S2. The van der Waals surface area contributed by atoms with Gasteiger partial charge in [-0.2, -0.15) is 0 Å². The van der Waals surface area contributed by atoms with Gasteiger partial charge in [-0.25, -0.2) is 17.7 Å². The van der Waals surface area contributed by atoms with Crippen LogP contribution in [-0.4, -0.2) is 51.1 Å². The summed E-state index contributed by atoms with van der Waals surface area (Å²) >= 11 is 1.68. The molecule has 0 aliphatic heterocycles. The van der Waals surface area contributed by atoms with Crippen LogP contribution in [0.25, 0.3) is 0 Å². The zero-order valence-electron chi connectivity index (χ0n) is 13.9. The van der Waals surface area contributed by atoms with Crippen LogP contribution in [0.4, 0.5) is 0 Å². The number of thiophene rings is 1. The van der Waals surface area contributed by atoms with E-state index in [4.69, 9.17) is 0 Å². The van der Waals surface area contributed by atoms with Gasteiger partial charge in [0.05, 0.1) is 12.3 Å². The van der Waals surface area contributed by atoms with Gasteiger partial charge in [-0.1, -0.05) is 6.07 Å². The quantitative estimate of drug-likeness (QED) is 0.249. The average molecular weight is 474 g/mol. The molecule has 1 aromatic heterocycles. The topological polar surface area (TPSA) is 73.8 Å². The van der Waals surface area contributed by atoms with E-state index in [9.17, 15) is 8.42 Å². The Morgan fingerprint density at radius 1 is 1.35 bits per heavy atom. The predicted molar refractivity (Wildman–Crippen MR) is 109 cm³/mol. The van der Waals surface area contributed by atoms with Crippen LogP contribution in [-0.2, 0) is 16.6 Å². The van der Waals surface area contributed by atoms with Gasteiger partial charge in [0.1, 0.15) is 0 Å². The monoisotopic (exact) mass is 474 g/mol. The maximum Gasteiger partial charge on any atom is 0.213 e. The van der Waals surface area contributed by atoms with Crippen LogP contribution in [0.2, 0.25) is 0 Å². The number of hydrogen-bond acceptors (Lipinski definition) is 4. The summed E-state index contributed by atoms with van der Waals surface area (Å²) in [7, 11) is -1.47. The molecule has 0 aliphatic rings. The highest BCUT2D eigenvalue weighted by atomic mass is 127. The molecule has 9 heteroatoms. The van der Waals surface area contributed by atoms with E-state index in [2.05, 4.69) is 21.7 Å². The van der Waals surface area contributed by atoms with Crippen molar-refractivity contribution in [1.29, 1.82) is 0 Å². The second-order valence-corrected chi connectivity index (χ2v) is 8.17. The summed E-state index contributed by atoms with van der Waals surface area (Å²) in [6, 6.07) is 4.07. The lowest BCUT2D eigenvalue weighted by atomic mass is 10.4. The molecule has 23 heavy (non-hydrogen) atoms. The molecule has 1 aromatic rings.